The van der Waals surface area contributed by atoms with Gasteiger partial charge in [-0.1, -0.05) is 48.0 Å². The summed E-state index contributed by atoms with van der Waals surface area (Å²) in [5.41, 5.74) is 3.84. The van der Waals surface area contributed by atoms with Crippen molar-refractivity contribution in [3.05, 3.63) is 77.5 Å². The second-order valence-corrected chi connectivity index (χ2v) is 9.16. The molecule has 0 unspecified atom stereocenters. The third kappa shape index (κ3) is 3.84. The number of oxazole rings is 1. The van der Waals surface area contributed by atoms with Crippen LogP contribution >= 0.6 is 11.3 Å². The van der Waals surface area contributed by atoms with Crippen LogP contribution in [0.5, 0.6) is 0 Å². The molecule has 0 saturated carbocycles. The molecule has 4 rings (SSSR count). The highest BCUT2D eigenvalue weighted by molar-refractivity contribution is 7.92. The van der Waals surface area contributed by atoms with E-state index >= 15 is 0 Å². The number of aryl methyl sites for hydroxylation is 1. The number of hydrogen-bond donors (Lipinski definition) is 0. The molecule has 0 aliphatic rings. The molecule has 0 aliphatic carbocycles. The summed E-state index contributed by atoms with van der Waals surface area (Å²) in [6.07, 6.45) is 1.39. The fourth-order valence-electron chi connectivity index (χ4n) is 2.60. The van der Waals surface area contributed by atoms with Gasteiger partial charge in [-0.3, -0.25) is 0 Å². The van der Waals surface area contributed by atoms with Crippen molar-refractivity contribution in [3.8, 4) is 22.7 Å². The lowest BCUT2D eigenvalue weighted by Gasteiger charge is -1.98. The van der Waals surface area contributed by atoms with E-state index in [2.05, 4.69) is 9.97 Å². The zero-order valence-corrected chi connectivity index (χ0v) is 16.1. The minimum atomic E-state index is -3.59. The van der Waals surface area contributed by atoms with E-state index in [1.165, 1.54) is 6.26 Å². The third-order valence-electron chi connectivity index (χ3n) is 4.01. The number of nitrogens with zero attached hydrogens (tertiary/aromatic N) is 2. The Labute approximate surface area is 161 Å². The molecule has 27 heavy (non-hydrogen) atoms. The van der Waals surface area contributed by atoms with Crippen molar-refractivity contribution in [2.24, 2.45) is 0 Å². The zero-order valence-electron chi connectivity index (χ0n) is 14.5. The van der Waals surface area contributed by atoms with E-state index in [9.17, 15) is 8.42 Å². The Balaban J connectivity index is 1.56. The first kappa shape index (κ1) is 17.6. The maximum Gasteiger partial charge on any atom is 0.226 e. The average Bonchev–Trinajstić information content (AvgIpc) is 3.33. The quantitative estimate of drug-likeness (QED) is 0.487. The van der Waals surface area contributed by atoms with Crippen molar-refractivity contribution in [2.75, 3.05) is 0 Å². The van der Waals surface area contributed by atoms with E-state index in [4.69, 9.17) is 4.42 Å². The van der Waals surface area contributed by atoms with E-state index < -0.39 is 9.84 Å². The van der Waals surface area contributed by atoms with Crippen LogP contribution in [0.25, 0.3) is 22.7 Å². The molecule has 0 radical (unpaired) electrons. The summed E-state index contributed by atoms with van der Waals surface area (Å²) in [6.45, 7) is 2.00. The molecule has 0 aliphatic heterocycles. The second kappa shape index (κ2) is 7.09. The fourth-order valence-corrected chi connectivity index (χ4v) is 4.94. The number of aromatic nitrogens is 2. The van der Waals surface area contributed by atoms with Crippen molar-refractivity contribution in [3.63, 3.8) is 0 Å². The smallest absolute Gasteiger partial charge is 0.226 e. The fraction of sp³-hybridized carbons (Fsp3) is 0.100. The largest absolute Gasteiger partial charge is 0.444 e. The van der Waals surface area contributed by atoms with Gasteiger partial charge in [0, 0.05) is 16.5 Å². The highest BCUT2D eigenvalue weighted by Crippen LogP contribution is 2.27. The first-order valence-corrected chi connectivity index (χ1v) is 10.8. The van der Waals surface area contributed by atoms with Crippen LogP contribution in [-0.4, -0.2) is 18.4 Å². The molecule has 4 aromatic rings. The van der Waals surface area contributed by atoms with Crippen LogP contribution < -0.4 is 0 Å². The molecule has 0 N–H and O–H groups in total. The molecule has 0 atom stereocenters. The van der Waals surface area contributed by atoms with Gasteiger partial charge >= 0.3 is 0 Å². The van der Waals surface area contributed by atoms with Crippen LogP contribution in [-0.2, 0) is 15.6 Å². The molecule has 0 amide bonds. The summed E-state index contributed by atoms with van der Waals surface area (Å²) in [7, 11) is -3.59. The number of benzene rings is 2. The van der Waals surface area contributed by atoms with E-state index in [-0.39, 0.29) is 10.1 Å². The van der Waals surface area contributed by atoms with Gasteiger partial charge in [-0.05, 0) is 19.1 Å². The van der Waals surface area contributed by atoms with Gasteiger partial charge in [0.1, 0.15) is 12.0 Å². The number of rotatable bonds is 5. The van der Waals surface area contributed by atoms with Gasteiger partial charge in [-0.15, -0.1) is 11.3 Å². The van der Waals surface area contributed by atoms with Crippen molar-refractivity contribution < 1.29 is 12.8 Å². The molecule has 2 aromatic carbocycles. The lowest BCUT2D eigenvalue weighted by Crippen LogP contribution is -2.05. The minimum Gasteiger partial charge on any atom is -0.444 e. The monoisotopic (exact) mass is 396 g/mol. The molecule has 0 bridgehead atoms. The van der Waals surface area contributed by atoms with E-state index in [0.29, 0.717) is 17.3 Å². The van der Waals surface area contributed by atoms with Gasteiger partial charge in [-0.2, -0.15) is 0 Å². The van der Waals surface area contributed by atoms with Crippen LogP contribution in [0.3, 0.4) is 0 Å². The highest BCUT2D eigenvalue weighted by Gasteiger charge is 2.22. The van der Waals surface area contributed by atoms with Gasteiger partial charge in [0.2, 0.25) is 20.1 Å². The summed E-state index contributed by atoms with van der Waals surface area (Å²) in [4.78, 5) is 8.61. The molecule has 0 fully saturated rings. The standard InChI is InChI=1S/C20H16N2O3S2/c1-14-7-9-16(10-8-14)19-21-17(11-25-19)13-27(23,24)20-22-18(12-26-20)15-5-3-2-4-6-15/h2-12H,13H2,1H3. The maximum atomic E-state index is 12.7. The van der Waals surface area contributed by atoms with Gasteiger partial charge < -0.3 is 4.42 Å². The van der Waals surface area contributed by atoms with Crippen molar-refractivity contribution in [2.45, 2.75) is 17.0 Å². The average molecular weight is 396 g/mol. The van der Waals surface area contributed by atoms with E-state index in [1.54, 1.807) is 5.38 Å². The predicted octanol–water partition coefficient (Wildman–Crippen LogP) is 4.75. The normalized spacial score (nSPS) is 11.6. The molecule has 0 spiro atoms. The van der Waals surface area contributed by atoms with Crippen LogP contribution in [0.1, 0.15) is 11.3 Å². The minimum absolute atomic E-state index is 0.0845. The molecule has 7 heteroatoms. The van der Waals surface area contributed by atoms with Gasteiger partial charge in [-0.25, -0.2) is 18.4 Å². The second-order valence-electron chi connectivity index (χ2n) is 6.13. The molecular formula is C20H16N2O3S2. The topological polar surface area (TPSA) is 73.1 Å². The zero-order chi connectivity index (χ0) is 18.9. The Morgan fingerprint density at radius 1 is 0.963 bits per heavy atom. The number of sulfone groups is 1. The Morgan fingerprint density at radius 2 is 1.70 bits per heavy atom. The van der Waals surface area contributed by atoms with Crippen LogP contribution in [0.2, 0.25) is 0 Å². The summed E-state index contributed by atoms with van der Waals surface area (Å²) in [5.74, 6) is 0.161. The van der Waals surface area contributed by atoms with Crippen molar-refractivity contribution in [1.29, 1.82) is 0 Å². The molecule has 5 nitrogen and oxygen atoms in total. The van der Waals surface area contributed by atoms with Gasteiger partial charge in [0.05, 0.1) is 11.4 Å². The third-order valence-corrected chi connectivity index (χ3v) is 6.99. The Kier molecular flexibility index (Phi) is 4.63. The Bertz CT molecular complexity index is 1160. The Hall–Kier alpha value is -2.77. The lowest BCUT2D eigenvalue weighted by molar-refractivity contribution is 0.571. The number of thiazole rings is 1. The SMILES string of the molecule is Cc1ccc(-c2nc(CS(=O)(=O)c3nc(-c4ccccc4)cs3)co2)cc1. The molecule has 2 aromatic heterocycles. The summed E-state index contributed by atoms with van der Waals surface area (Å²) < 4.78 is 30.9. The Morgan fingerprint density at radius 3 is 2.44 bits per heavy atom. The maximum absolute atomic E-state index is 12.7. The molecule has 0 saturated heterocycles. The lowest BCUT2D eigenvalue weighted by atomic mass is 10.1. The van der Waals surface area contributed by atoms with Crippen molar-refractivity contribution in [1.82, 2.24) is 9.97 Å². The molecular weight excluding hydrogens is 380 g/mol. The van der Waals surface area contributed by atoms with Crippen LogP contribution in [0.15, 0.2) is 75.0 Å². The van der Waals surface area contributed by atoms with Crippen molar-refractivity contribution >= 4 is 21.2 Å². The van der Waals surface area contributed by atoms with E-state index in [0.717, 1.165) is 28.0 Å². The summed E-state index contributed by atoms with van der Waals surface area (Å²) in [5, 5.41) is 1.75. The first-order valence-electron chi connectivity index (χ1n) is 8.26. The summed E-state index contributed by atoms with van der Waals surface area (Å²) in [6, 6.07) is 17.2. The van der Waals surface area contributed by atoms with Crippen LogP contribution in [0.4, 0.5) is 0 Å². The number of hydrogen-bond acceptors (Lipinski definition) is 6. The summed E-state index contributed by atoms with van der Waals surface area (Å²) >= 11 is 1.12. The van der Waals surface area contributed by atoms with Crippen LogP contribution in [0, 0.1) is 6.92 Å². The highest BCUT2D eigenvalue weighted by atomic mass is 32.2. The predicted molar refractivity (Wildman–Crippen MR) is 105 cm³/mol. The molecule has 2 heterocycles. The van der Waals surface area contributed by atoms with Gasteiger partial charge in [0.25, 0.3) is 0 Å². The molecule has 136 valence electrons. The first-order chi connectivity index (χ1) is 13.0. The van der Waals surface area contributed by atoms with E-state index in [1.807, 2.05) is 61.5 Å². The van der Waals surface area contributed by atoms with Gasteiger partial charge in [0.15, 0.2) is 0 Å².